The van der Waals surface area contributed by atoms with Crippen LogP contribution in [0.4, 0.5) is 0 Å². The van der Waals surface area contributed by atoms with Gasteiger partial charge in [-0.1, -0.05) is 29.8 Å². The first kappa shape index (κ1) is 17.7. The quantitative estimate of drug-likeness (QED) is 0.836. The zero-order valence-electron chi connectivity index (χ0n) is 13.7. The second kappa shape index (κ2) is 7.75. The third kappa shape index (κ3) is 5.80. The molecule has 0 saturated carbocycles. The number of amides is 1. The molecule has 126 valence electrons. The van der Waals surface area contributed by atoms with E-state index in [2.05, 4.69) is 4.72 Å². The molecule has 1 heterocycles. The normalized spacial score (nSPS) is 19.2. The van der Waals surface area contributed by atoms with Gasteiger partial charge in [0, 0.05) is 25.2 Å². The van der Waals surface area contributed by atoms with Crippen molar-refractivity contribution in [3.05, 3.63) is 41.5 Å². The molecule has 23 heavy (non-hydrogen) atoms. The molecule has 0 aromatic heterocycles. The first-order valence-electron chi connectivity index (χ1n) is 7.85. The predicted molar refractivity (Wildman–Crippen MR) is 92.4 cm³/mol. The van der Waals surface area contributed by atoms with Crippen LogP contribution in [-0.2, 0) is 14.8 Å². The molecule has 1 atom stereocenters. The highest BCUT2D eigenvalue weighted by Gasteiger charge is 2.25. The summed E-state index contributed by atoms with van der Waals surface area (Å²) in [6, 6.07) is 7.86. The highest BCUT2D eigenvalue weighted by atomic mass is 32.2. The number of nitrogens with one attached hydrogen (secondary N) is 1. The van der Waals surface area contributed by atoms with Crippen molar-refractivity contribution >= 4 is 22.0 Å². The topological polar surface area (TPSA) is 66.5 Å². The maximum atomic E-state index is 12.5. The average molecular weight is 336 g/mol. The Morgan fingerprint density at radius 3 is 2.87 bits per heavy atom. The van der Waals surface area contributed by atoms with E-state index in [4.69, 9.17) is 0 Å². The number of carbonyl (C=O) groups excluding carboxylic acids is 1. The lowest BCUT2D eigenvalue weighted by atomic mass is 10.0. The molecule has 0 aliphatic carbocycles. The number of aryl methyl sites for hydroxylation is 1. The number of hydrogen-bond donors (Lipinski definition) is 1. The number of hydrogen-bond acceptors (Lipinski definition) is 3. The Labute approximate surface area is 138 Å². The average Bonchev–Trinajstić information content (AvgIpc) is 2.50. The van der Waals surface area contributed by atoms with E-state index < -0.39 is 10.0 Å². The Morgan fingerprint density at radius 2 is 2.17 bits per heavy atom. The Balaban J connectivity index is 2.03. The highest BCUT2D eigenvalue weighted by Crippen LogP contribution is 2.17. The maximum Gasteiger partial charge on any atom is 0.246 e. The molecule has 1 unspecified atom stereocenters. The van der Waals surface area contributed by atoms with Crippen LogP contribution in [0.25, 0.3) is 6.08 Å². The fourth-order valence-electron chi connectivity index (χ4n) is 2.79. The fourth-order valence-corrected chi connectivity index (χ4v) is 3.28. The maximum absolute atomic E-state index is 12.5. The zero-order valence-corrected chi connectivity index (χ0v) is 14.5. The molecule has 1 saturated heterocycles. The molecule has 1 aliphatic rings. The van der Waals surface area contributed by atoms with E-state index in [1.165, 1.54) is 0 Å². The van der Waals surface area contributed by atoms with E-state index in [9.17, 15) is 13.2 Å². The number of piperidine rings is 1. The Bertz CT molecular complexity index is 683. The van der Waals surface area contributed by atoms with Crippen LogP contribution >= 0.6 is 0 Å². The largest absolute Gasteiger partial charge is 0.335 e. The lowest BCUT2D eigenvalue weighted by Gasteiger charge is -2.35. The van der Waals surface area contributed by atoms with Crippen molar-refractivity contribution in [3.8, 4) is 0 Å². The van der Waals surface area contributed by atoms with E-state index >= 15 is 0 Å². The molecule has 5 nitrogen and oxygen atoms in total. The third-order valence-electron chi connectivity index (χ3n) is 3.95. The summed E-state index contributed by atoms with van der Waals surface area (Å²) in [5, 5.41) is 0. The van der Waals surface area contributed by atoms with Crippen molar-refractivity contribution in [2.24, 2.45) is 0 Å². The number of nitrogens with zero attached hydrogens (tertiary/aromatic N) is 1. The predicted octanol–water partition coefficient (Wildman–Crippen LogP) is 1.94. The minimum atomic E-state index is -3.24. The summed E-state index contributed by atoms with van der Waals surface area (Å²) in [6.45, 7) is 2.96. The third-order valence-corrected chi connectivity index (χ3v) is 4.64. The van der Waals surface area contributed by atoms with E-state index in [1.807, 2.05) is 37.3 Å². The standard InChI is InChI=1S/C17H24N2O3S/c1-14-6-5-7-15(12-14)9-10-17(20)19-11-4-3-8-16(19)13-18-23(2,21)22/h5-7,9-10,12,16,18H,3-4,8,11,13H2,1-2H3. The summed E-state index contributed by atoms with van der Waals surface area (Å²) in [4.78, 5) is 14.2. The second-order valence-corrected chi connectivity index (χ2v) is 7.88. The summed E-state index contributed by atoms with van der Waals surface area (Å²) >= 11 is 0. The molecule has 1 N–H and O–H groups in total. The summed E-state index contributed by atoms with van der Waals surface area (Å²) in [5.74, 6) is -0.0634. The lowest BCUT2D eigenvalue weighted by molar-refractivity contribution is -0.129. The number of benzene rings is 1. The molecular formula is C17H24N2O3S. The van der Waals surface area contributed by atoms with Gasteiger partial charge in [0.2, 0.25) is 15.9 Å². The first-order chi connectivity index (χ1) is 10.8. The minimum Gasteiger partial charge on any atom is -0.335 e. The van der Waals surface area contributed by atoms with Crippen molar-refractivity contribution in [1.29, 1.82) is 0 Å². The van der Waals surface area contributed by atoms with Gasteiger partial charge < -0.3 is 4.90 Å². The van der Waals surface area contributed by atoms with Gasteiger partial charge in [0.15, 0.2) is 0 Å². The van der Waals surface area contributed by atoms with Crippen LogP contribution in [-0.4, -0.2) is 44.6 Å². The van der Waals surface area contributed by atoms with Crippen molar-refractivity contribution in [3.63, 3.8) is 0 Å². The molecule has 6 heteroatoms. The summed E-state index contributed by atoms with van der Waals surface area (Å²) in [5.41, 5.74) is 2.13. The van der Waals surface area contributed by atoms with Crippen LogP contribution in [0.5, 0.6) is 0 Å². The Kier molecular flexibility index (Phi) is 5.96. The van der Waals surface area contributed by atoms with Gasteiger partial charge in [0.25, 0.3) is 0 Å². The van der Waals surface area contributed by atoms with Gasteiger partial charge in [-0.05, 0) is 37.8 Å². The van der Waals surface area contributed by atoms with Crippen LogP contribution in [0.2, 0.25) is 0 Å². The van der Waals surface area contributed by atoms with Crippen molar-refractivity contribution < 1.29 is 13.2 Å². The number of rotatable bonds is 5. The van der Waals surface area contributed by atoms with Gasteiger partial charge in [0.1, 0.15) is 0 Å². The van der Waals surface area contributed by atoms with E-state index in [0.717, 1.165) is 36.6 Å². The Morgan fingerprint density at radius 1 is 1.39 bits per heavy atom. The van der Waals surface area contributed by atoms with E-state index in [0.29, 0.717) is 6.54 Å². The lowest BCUT2D eigenvalue weighted by Crippen LogP contribution is -2.48. The molecule has 1 fully saturated rings. The summed E-state index contributed by atoms with van der Waals surface area (Å²) in [6.07, 6.45) is 7.32. The van der Waals surface area contributed by atoms with E-state index in [1.54, 1.807) is 11.0 Å². The van der Waals surface area contributed by atoms with Crippen molar-refractivity contribution in [2.75, 3.05) is 19.3 Å². The SMILES string of the molecule is Cc1cccc(C=CC(=O)N2CCCCC2CNS(C)(=O)=O)c1. The van der Waals surface area contributed by atoms with E-state index in [-0.39, 0.29) is 18.5 Å². The summed E-state index contributed by atoms with van der Waals surface area (Å²) < 4.78 is 25.0. The van der Waals surface area contributed by atoms with Crippen LogP contribution in [0.1, 0.15) is 30.4 Å². The first-order valence-corrected chi connectivity index (χ1v) is 9.74. The fraction of sp³-hybridized carbons (Fsp3) is 0.471. The van der Waals surface area contributed by atoms with Crippen molar-refractivity contribution in [2.45, 2.75) is 32.2 Å². The molecule has 2 rings (SSSR count). The van der Waals surface area contributed by atoms with Crippen LogP contribution in [0, 0.1) is 6.92 Å². The van der Waals surface area contributed by atoms with Crippen LogP contribution < -0.4 is 4.72 Å². The molecule has 0 spiro atoms. The summed E-state index contributed by atoms with van der Waals surface area (Å²) in [7, 11) is -3.24. The monoisotopic (exact) mass is 336 g/mol. The van der Waals surface area contributed by atoms with Gasteiger partial charge in [-0.15, -0.1) is 0 Å². The van der Waals surface area contributed by atoms with Crippen LogP contribution in [0.3, 0.4) is 0 Å². The molecular weight excluding hydrogens is 312 g/mol. The number of sulfonamides is 1. The van der Waals surface area contributed by atoms with Crippen LogP contribution in [0.15, 0.2) is 30.3 Å². The molecule has 1 amide bonds. The molecule has 0 bridgehead atoms. The van der Waals surface area contributed by atoms with Gasteiger partial charge in [0.05, 0.1) is 6.26 Å². The number of carbonyl (C=O) groups is 1. The molecule has 1 aromatic rings. The van der Waals surface area contributed by atoms with Gasteiger partial charge >= 0.3 is 0 Å². The number of likely N-dealkylation sites (tertiary alicyclic amines) is 1. The van der Waals surface area contributed by atoms with Crippen molar-refractivity contribution in [1.82, 2.24) is 9.62 Å². The smallest absolute Gasteiger partial charge is 0.246 e. The minimum absolute atomic E-state index is 0.0634. The van der Waals surface area contributed by atoms with Gasteiger partial charge in [-0.25, -0.2) is 13.1 Å². The second-order valence-electron chi connectivity index (χ2n) is 6.05. The molecule has 0 radical (unpaired) electrons. The molecule has 1 aliphatic heterocycles. The molecule has 1 aromatic carbocycles. The van der Waals surface area contributed by atoms with Gasteiger partial charge in [-0.3, -0.25) is 4.79 Å². The zero-order chi connectivity index (χ0) is 16.9. The van der Waals surface area contributed by atoms with Gasteiger partial charge in [-0.2, -0.15) is 0 Å². The Hall–Kier alpha value is -1.66. The highest BCUT2D eigenvalue weighted by molar-refractivity contribution is 7.88.